The summed E-state index contributed by atoms with van der Waals surface area (Å²) >= 11 is 0. The van der Waals surface area contributed by atoms with Gasteiger partial charge in [0.05, 0.1) is 35.8 Å². The molecule has 12 heteroatoms. The number of fused-ring (bicyclic) bond motifs is 1. The highest BCUT2D eigenvalue weighted by atomic mass is 19.1. The van der Waals surface area contributed by atoms with Crippen LogP contribution in [0.1, 0.15) is 30.0 Å². The molecule has 4 aromatic heterocycles. The maximum absolute atomic E-state index is 15.1. The van der Waals surface area contributed by atoms with E-state index in [1.165, 1.54) is 23.1 Å². The number of halogens is 3. The first-order valence-electron chi connectivity index (χ1n) is 11.4. The lowest BCUT2D eigenvalue weighted by molar-refractivity contribution is 0.491. The van der Waals surface area contributed by atoms with E-state index < -0.39 is 17.5 Å². The SMILES string of the molecule is Fc1cnc(N2CCC(c3cnc(Cn4ccc5cc(-n6cnnn6)cc(F)c54)c(F)c3)CC2)nc1. The molecule has 0 saturated carbocycles. The van der Waals surface area contributed by atoms with Crippen molar-refractivity contribution in [3.05, 3.63) is 84.1 Å². The zero-order valence-corrected chi connectivity index (χ0v) is 19.0. The Kier molecular flexibility index (Phi) is 5.55. The molecule has 9 nitrogen and oxygen atoms in total. The average Bonchev–Trinajstić information content (AvgIpc) is 3.57. The van der Waals surface area contributed by atoms with Crippen LogP contribution in [-0.4, -0.2) is 52.8 Å². The first-order valence-corrected chi connectivity index (χ1v) is 11.4. The quantitative estimate of drug-likeness (QED) is 0.371. The Bertz CT molecular complexity index is 1510. The molecule has 0 bridgehead atoms. The number of tetrazole rings is 1. The van der Waals surface area contributed by atoms with E-state index in [0.717, 1.165) is 30.8 Å². The number of anilines is 1. The molecule has 1 aliphatic rings. The Balaban J connectivity index is 1.17. The van der Waals surface area contributed by atoms with E-state index in [1.807, 2.05) is 4.90 Å². The third kappa shape index (κ3) is 4.14. The molecule has 6 rings (SSSR count). The van der Waals surface area contributed by atoms with E-state index in [4.69, 9.17) is 0 Å². The molecule has 5 heterocycles. The van der Waals surface area contributed by atoms with Gasteiger partial charge in [-0.05, 0) is 52.9 Å². The highest BCUT2D eigenvalue weighted by Gasteiger charge is 2.23. The fourth-order valence-corrected chi connectivity index (χ4v) is 4.69. The number of pyridine rings is 1. The molecule has 5 aromatic rings. The number of nitrogens with zero attached hydrogens (tertiary/aromatic N) is 9. The molecule has 0 N–H and O–H groups in total. The van der Waals surface area contributed by atoms with Crippen LogP contribution in [0.25, 0.3) is 16.6 Å². The minimum Gasteiger partial charge on any atom is -0.341 e. The average molecular weight is 491 g/mol. The van der Waals surface area contributed by atoms with Crippen LogP contribution in [0.4, 0.5) is 19.1 Å². The molecule has 0 aliphatic carbocycles. The minimum absolute atomic E-state index is 0.0944. The third-order valence-electron chi connectivity index (χ3n) is 6.53. The molecular weight excluding hydrogens is 471 g/mol. The summed E-state index contributed by atoms with van der Waals surface area (Å²) < 4.78 is 46.1. The molecule has 0 atom stereocenters. The predicted octanol–water partition coefficient (Wildman–Crippen LogP) is 3.65. The van der Waals surface area contributed by atoms with E-state index >= 15 is 4.39 Å². The van der Waals surface area contributed by atoms with Gasteiger partial charge in [-0.2, -0.15) is 0 Å². The smallest absolute Gasteiger partial charge is 0.225 e. The van der Waals surface area contributed by atoms with Crippen molar-refractivity contribution < 1.29 is 13.2 Å². The number of aromatic nitrogens is 8. The van der Waals surface area contributed by atoms with Crippen molar-refractivity contribution in [1.82, 2.24) is 39.7 Å². The van der Waals surface area contributed by atoms with Gasteiger partial charge in [-0.15, -0.1) is 5.10 Å². The van der Waals surface area contributed by atoms with Gasteiger partial charge in [0.15, 0.2) is 5.82 Å². The lowest BCUT2D eigenvalue weighted by Gasteiger charge is -2.32. The molecule has 182 valence electrons. The van der Waals surface area contributed by atoms with Gasteiger partial charge in [0.1, 0.15) is 18.0 Å². The van der Waals surface area contributed by atoms with Crippen molar-refractivity contribution in [1.29, 1.82) is 0 Å². The lowest BCUT2D eigenvalue weighted by atomic mass is 9.90. The highest BCUT2D eigenvalue weighted by molar-refractivity contribution is 5.83. The zero-order valence-electron chi connectivity index (χ0n) is 19.0. The largest absolute Gasteiger partial charge is 0.341 e. The van der Waals surface area contributed by atoms with E-state index in [-0.39, 0.29) is 18.2 Å². The van der Waals surface area contributed by atoms with Crippen molar-refractivity contribution in [3.63, 3.8) is 0 Å². The van der Waals surface area contributed by atoms with Gasteiger partial charge >= 0.3 is 0 Å². The number of hydrogen-bond acceptors (Lipinski definition) is 7. The first-order chi connectivity index (χ1) is 17.5. The van der Waals surface area contributed by atoms with Crippen LogP contribution in [0.2, 0.25) is 0 Å². The van der Waals surface area contributed by atoms with E-state index in [0.29, 0.717) is 35.6 Å². The molecule has 1 aliphatic heterocycles. The fourth-order valence-electron chi connectivity index (χ4n) is 4.69. The second-order valence-corrected chi connectivity index (χ2v) is 8.72. The van der Waals surface area contributed by atoms with Gasteiger partial charge in [-0.25, -0.2) is 27.8 Å². The van der Waals surface area contributed by atoms with Crippen LogP contribution < -0.4 is 4.90 Å². The summed E-state index contributed by atoms with van der Waals surface area (Å²) in [7, 11) is 0. The van der Waals surface area contributed by atoms with E-state index in [1.54, 1.807) is 29.1 Å². The predicted molar refractivity (Wildman–Crippen MR) is 124 cm³/mol. The topological polar surface area (TPSA) is 90.4 Å². The fraction of sp³-hybridized carbons (Fsp3) is 0.250. The summed E-state index contributed by atoms with van der Waals surface area (Å²) in [6.07, 6.45) is 8.65. The van der Waals surface area contributed by atoms with E-state index in [2.05, 4.69) is 30.5 Å². The van der Waals surface area contributed by atoms with Crippen molar-refractivity contribution in [2.45, 2.75) is 25.3 Å². The van der Waals surface area contributed by atoms with Crippen molar-refractivity contribution in [3.8, 4) is 5.69 Å². The monoisotopic (exact) mass is 491 g/mol. The second kappa shape index (κ2) is 9.02. The summed E-state index contributed by atoms with van der Waals surface area (Å²) in [5.74, 6) is -0.723. The molecule has 1 aromatic carbocycles. The lowest BCUT2D eigenvalue weighted by Crippen LogP contribution is -2.34. The molecule has 1 fully saturated rings. The Morgan fingerprint density at radius 1 is 0.917 bits per heavy atom. The molecule has 0 spiro atoms. The molecule has 0 amide bonds. The van der Waals surface area contributed by atoms with E-state index in [9.17, 15) is 8.78 Å². The highest BCUT2D eigenvalue weighted by Crippen LogP contribution is 2.30. The number of rotatable bonds is 5. The van der Waals surface area contributed by atoms with Gasteiger partial charge in [0, 0.05) is 36.9 Å². The zero-order chi connectivity index (χ0) is 24.6. The normalized spacial score (nSPS) is 14.6. The Hall–Kier alpha value is -4.35. The van der Waals surface area contributed by atoms with Gasteiger partial charge in [0.25, 0.3) is 0 Å². The Morgan fingerprint density at radius 2 is 1.72 bits per heavy atom. The molecule has 0 radical (unpaired) electrons. The van der Waals surface area contributed by atoms with Gasteiger partial charge in [0.2, 0.25) is 5.95 Å². The number of hydrogen-bond donors (Lipinski definition) is 0. The van der Waals surface area contributed by atoms with Crippen LogP contribution in [0.3, 0.4) is 0 Å². The van der Waals surface area contributed by atoms with Crippen molar-refractivity contribution >= 4 is 16.9 Å². The van der Waals surface area contributed by atoms with Gasteiger partial charge in [-0.3, -0.25) is 4.98 Å². The third-order valence-corrected chi connectivity index (χ3v) is 6.53. The summed E-state index contributed by atoms with van der Waals surface area (Å²) in [5.41, 5.74) is 1.91. The molecule has 1 saturated heterocycles. The van der Waals surface area contributed by atoms with Crippen LogP contribution >= 0.6 is 0 Å². The summed E-state index contributed by atoms with van der Waals surface area (Å²) in [6, 6.07) is 6.39. The summed E-state index contributed by atoms with van der Waals surface area (Å²) in [6.45, 7) is 1.46. The van der Waals surface area contributed by atoms with Crippen molar-refractivity contribution in [2.75, 3.05) is 18.0 Å². The molecular formula is C24H20F3N9. The minimum atomic E-state index is -0.472. The number of piperidine rings is 1. The Morgan fingerprint density at radius 3 is 2.44 bits per heavy atom. The van der Waals surface area contributed by atoms with Crippen LogP contribution in [0.5, 0.6) is 0 Å². The standard InChI is InChI=1S/C24H20F3N9/c25-18-11-29-24(30-12-18)34-4-1-15(2-5-34)17-8-20(26)22(28-10-17)13-35-6-3-16-7-19(9-21(27)23(16)35)36-14-31-32-33-36/h3,6-12,14-15H,1-2,4-5,13H2. The van der Waals surface area contributed by atoms with Gasteiger partial charge < -0.3 is 9.47 Å². The van der Waals surface area contributed by atoms with Gasteiger partial charge in [-0.1, -0.05) is 0 Å². The molecule has 36 heavy (non-hydrogen) atoms. The van der Waals surface area contributed by atoms with Crippen LogP contribution in [0, 0.1) is 17.5 Å². The maximum Gasteiger partial charge on any atom is 0.225 e. The van der Waals surface area contributed by atoms with Crippen LogP contribution in [0.15, 0.2) is 55.4 Å². The molecule has 0 unspecified atom stereocenters. The first kappa shape index (κ1) is 22.1. The summed E-state index contributed by atoms with van der Waals surface area (Å²) in [5, 5.41) is 11.6. The maximum atomic E-state index is 15.1. The van der Waals surface area contributed by atoms with Crippen LogP contribution in [-0.2, 0) is 6.54 Å². The van der Waals surface area contributed by atoms with Crippen molar-refractivity contribution in [2.24, 2.45) is 0 Å². The number of benzene rings is 1. The second-order valence-electron chi connectivity index (χ2n) is 8.72. The Labute approximate surface area is 203 Å². The summed E-state index contributed by atoms with van der Waals surface area (Å²) in [4.78, 5) is 14.4.